The van der Waals surface area contributed by atoms with Crippen LogP contribution in [-0.4, -0.2) is 34.1 Å². The van der Waals surface area contributed by atoms with Gasteiger partial charge in [-0.2, -0.15) is 5.10 Å². The van der Waals surface area contributed by atoms with Gasteiger partial charge in [0.1, 0.15) is 0 Å². The van der Waals surface area contributed by atoms with Gasteiger partial charge in [-0.1, -0.05) is 73.2 Å². The number of pyridine rings is 1. The Hall–Kier alpha value is -3.31. The Labute approximate surface area is 177 Å². The number of hydrazone groups is 1. The number of aromatic nitrogens is 1. The van der Waals surface area contributed by atoms with Crippen LogP contribution in [0.25, 0.3) is 0 Å². The Morgan fingerprint density at radius 2 is 1.67 bits per heavy atom. The van der Waals surface area contributed by atoms with Crippen LogP contribution in [0.3, 0.4) is 0 Å². The lowest BCUT2D eigenvalue weighted by molar-refractivity contribution is -0.127. The number of carbonyl (C=O) groups is 1. The van der Waals surface area contributed by atoms with Gasteiger partial charge in [0.2, 0.25) is 0 Å². The van der Waals surface area contributed by atoms with E-state index in [0.29, 0.717) is 0 Å². The second kappa shape index (κ2) is 9.94. The molecule has 1 N–H and O–H groups in total. The zero-order chi connectivity index (χ0) is 20.6. The summed E-state index contributed by atoms with van der Waals surface area (Å²) in [5, 5.41) is 4.56. The van der Waals surface area contributed by atoms with Gasteiger partial charge in [0.05, 0.1) is 11.8 Å². The highest BCUT2D eigenvalue weighted by atomic mass is 16.2. The van der Waals surface area contributed by atoms with E-state index in [9.17, 15) is 4.79 Å². The van der Waals surface area contributed by atoms with E-state index in [1.54, 1.807) is 6.20 Å². The van der Waals surface area contributed by atoms with Crippen molar-refractivity contribution in [2.75, 3.05) is 6.54 Å². The zero-order valence-corrected chi connectivity index (χ0v) is 16.9. The highest BCUT2D eigenvalue weighted by Gasteiger charge is 2.28. The monoisotopic (exact) mass is 398 g/mol. The average Bonchev–Trinajstić information content (AvgIpc) is 2.81. The first-order chi connectivity index (χ1) is 14.8. The minimum Gasteiger partial charge on any atom is -0.288 e. The molecule has 2 heterocycles. The van der Waals surface area contributed by atoms with Gasteiger partial charge in [0, 0.05) is 30.1 Å². The Balaban J connectivity index is 1.53. The molecule has 0 bridgehead atoms. The maximum Gasteiger partial charge on any atom is 0.257 e. The van der Waals surface area contributed by atoms with Crippen LogP contribution in [0.2, 0.25) is 0 Å². The van der Waals surface area contributed by atoms with E-state index < -0.39 is 0 Å². The predicted octanol–water partition coefficient (Wildman–Crippen LogP) is 4.00. The second-order valence-corrected chi connectivity index (χ2v) is 7.51. The van der Waals surface area contributed by atoms with Gasteiger partial charge in [-0.25, -0.2) is 5.43 Å². The minimum atomic E-state index is -0.185. The van der Waals surface area contributed by atoms with Crippen LogP contribution in [0.15, 0.2) is 90.3 Å². The average molecular weight is 399 g/mol. The SMILES string of the molecule is O=C(NN=C(c1ccccc1)c1ccccc1)C1CCCCN1Cc1cccnc1. The summed E-state index contributed by atoms with van der Waals surface area (Å²) < 4.78 is 0. The van der Waals surface area contributed by atoms with Crippen molar-refractivity contribution < 1.29 is 4.79 Å². The van der Waals surface area contributed by atoms with Crippen molar-refractivity contribution in [3.8, 4) is 0 Å². The summed E-state index contributed by atoms with van der Waals surface area (Å²) in [6.07, 6.45) is 6.63. The second-order valence-electron chi connectivity index (χ2n) is 7.51. The van der Waals surface area contributed by atoms with E-state index >= 15 is 0 Å². The van der Waals surface area contributed by atoms with Crippen LogP contribution < -0.4 is 5.43 Å². The first-order valence-electron chi connectivity index (χ1n) is 10.4. The van der Waals surface area contributed by atoms with E-state index in [1.807, 2.05) is 72.9 Å². The van der Waals surface area contributed by atoms with E-state index in [-0.39, 0.29) is 11.9 Å². The number of likely N-dealkylation sites (tertiary alicyclic amines) is 1. The molecule has 5 heteroatoms. The molecule has 3 aromatic rings. The van der Waals surface area contributed by atoms with Crippen molar-refractivity contribution in [1.82, 2.24) is 15.3 Å². The number of benzene rings is 2. The van der Waals surface area contributed by atoms with Gasteiger partial charge in [0.15, 0.2) is 0 Å². The molecule has 0 spiro atoms. The Kier molecular flexibility index (Phi) is 6.62. The number of nitrogens with one attached hydrogen (secondary N) is 1. The molecule has 4 rings (SSSR count). The lowest BCUT2D eigenvalue weighted by atomic mass is 10.0. The number of hydrogen-bond acceptors (Lipinski definition) is 4. The fourth-order valence-electron chi connectivity index (χ4n) is 3.88. The van der Waals surface area contributed by atoms with Gasteiger partial charge < -0.3 is 0 Å². The summed E-state index contributed by atoms with van der Waals surface area (Å²) in [7, 11) is 0. The molecule has 1 amide bonds. The Morgan fingerprint density at radius 3 is 2.30 bits per heavy atom. The largest absolute Gasteiger partial charge is 0.288 e. The minimum absolute atomic E-state index is 0.0528. The van der Waals surface area contributed by atoms with Crippen molar-refractivity contribution in [1.29, 1.82) is 0 Å². The first-order valence-corrected chi connectivity index (χ1v) is 10.4. The molecule has 1 aliphatic rings. The lowest BCUT2D eigenvalue weighted by Gasteiger charge is -2.34. The van der Waals surface area contributed by atoms with Crippen molar-refractivity contribution >= 4 is 11.6 Å². The molecule has 5 nitrogen and oxygen atoms in total. The third-order valence-electron chi connectivity index (χ3n) is 5.40. The number of carbonyl (C=O) groups excluding carboxylic acids is 1. The van der Waals surface area contributed by atoms with Crippen molar-refractivity contribution in [2.24, 2.45) is 5.10 Å². The lowest BCUT2D eigenvalue weighted by Crippen LogP contribution is -2.48. The van der Waals surface area contributed by atoms with E-state index in [0.717, 1.165) is 54.8 Å². The number of piperidine rings is 1. The molecule has 1 atom stereocenters. The zero-order valence-electron chi connectivity index (χ0n) is 16.9. The summed E-state index contributed by atoms with van der Waals surface area (Å²) in [6.45, 7) is 1.63. The fourth-order valence-corrected chi connectivity index (χ4v) is 3.88. The normalized spacial score (nSPS) is 16.6. The van der Waals surface area contributed by atoms with Crippen LogP contribution in [0.1, 0.15) is 36.0 Å². The third-order valence-corrected chi connectivity index (χ3v) is 5.40. The first kappa shape index (κ1) is 20.0. The van der Waals surface area contributed by atoms with Crippen molar-refractivity contribution in [2.45, 2.75) is 31.8 Å². The number of amides is 1. The molecular weight excluding hydrogens is 372 g/mol. The van der Waals surface area contributed by atoms with Crippen LogP contribution >= 0.6 is 0 Å². The van der Waals surface area contributed by atoms with Crippen LogP contribution in [0.5, 0.6) is 0 Å². The van der Waals surface area contributed by atoms with Crippen molar-refractivity contribution in [3.05, 3.63) is 102 Å². The molecule has 0 saturated carbocycles. The molecule has 30 heavy (non-hydrogen) atoms. The highest BCUT2D eigenvalue weighted by molar-refractivity contribution is 6.13. The highest BCUT2D eigenvalue weighted by Crippen LogP contribution is 2.20. The Morgan fingerprint density at radius 1 is 0.967 bits per heavy atom. The standard InChI is InChI=1S/C25H26N4O/c30-25(23-15-7-8-17-29(23)19-20-10-9-16-26-18-20)28-27-24(21-11-3-1-4-12-21)22-13-5-2-6-14-22/h1-6,9-14,16,18,23H,7-8,15,17,19H2,(H,28,30). The molecule has 1 aliphatic heterocycles. The number of hydrogen-bond donors (Lipinski definition) is 1. The molecule has 1 aromatic heterocycles. The van der Waals surface area contributed by atoms with E-state index in [2.05, 4.69) is 26.5 Å². The van der Waals surface area contributed by atoms with E-state index in [4.69, 9.17) is 0 Å². The van der Waals surface area contributed by atoms with E-state index in [1.165, 1.54) is 0 Å². The van der Waals surface area contributed by atoms with Gasteiger partial charge in [-0.05, 0) is 31.0 Å². The van der Waals surface area contributed by atoms with Crippen molar-refractivity contribution in [3.63, 3.8) is 0 Å². The number of rotatable bonds is 6. The van der Waals surface area contributed by atoms with Gasteiger partial charge in [0.25, 0.3) is 5.91 Å². The molecule has 1 saturated heterocycles. The Bertz CT molecular complexity index is 932. The third kappa shape index (κ3) is 4.99. The summed E-state index contributed by atoms with van der Waals surface area (Å²) in [5.41, 5.74) is 6.68. The summed E-state index contributed by atoms with van der Waals surface area (Å²) in [6, 6.07) is 23.7. The fraction of sp³-hybridized carbons (Fsp3) is 0.240. The molecular formula is C25H26N4O. The molecule has 1 fully saturated rings. The molecule has 2 aromatic carbocycles. The smallest absolute Gasteiger partial charge is 0.257 e. The van der Waals surface area contributed by atoms with Crippen LogP contribution in [-0.2, 0) is 11.3 Å². The quantitative estimate of drug-likeness (QED) is 0.504. The van der Waals surface area contributed by atoms with Crippen LogP contribution in [0, 0.1) is 0 Å². The van der Waals surface area contributed by atoms with Gasteiger partial charge in [-0.15, -0.1) is 0 Å². The predicted molar refractivity (Wildman–Crippen MR) is 119 cm³/mol. The molecule has 0 radical (unpaired) electrons. The summed E-state index contributed by atoms with van der Waals surface area (Å²) in [4.78, 5) is 19.5. The molecule has 1 unspecified atom stereocenters. The van der Waals surface area contributed by atoms with Crippen LogP contribution in [0.4, 0.5) is 0 Å². The van der Waals surface area contributed by atoms with Gasteiger partial charge in [-0.3, -0.25) is 14.7 Å². The maximum atomic E-state index is 13.1. The summed E-state index contributed by atoms with van der Waals surface area (Å²) >= 11 is 0. The molecule has 152 valence electrons. The number of nitrogens with zero attached hydrogens (tertiary/aromatic N) is 3. The summed E-state index contributed by atoms with van der Waals surface area (Å²) in [5.74, 6) is -0.0528. The maximum absolute atomic E-state index is 13.1. The molecule has 0 aliphatic carbocycles. The topological polar surface area (TPSA) is 57.6 Å². The van der Waals surface area contributed by atoms with Gasteiger partial charge >= 0.3 is 0 Å².